The molecule has 0 spiro atoms. The summed E-state index contributed by atoms with van der Waals surface area (Å²) in [6.07, 6.45) is 0.711. The molecular formula is C18H17ClN2O4. The Balaban J connectivity index is 1.65. The summed E-state index contributed by atoms with van der Waals surface area (Å²) < 4.78 is 4.86. The first-order valence-corrected chi connectivity index (χ1v) is 7.96. The van der Waals surface area contributed by atoms with Crippen molar-refractivity contribution in [3.05, 3.63) is 70.7 Å². The first kappa shape index (κ1) is 18.5. The second kappa shape index (κ2) is 9.44. The zero-order chi connectivity index (χ0) is 18.1. The van der Waals surface area contributed by atoms with E-state index in [1.54, 1.807) is 12.1 Å². The van der Waals surface area contributed by atoms with Crippen molar-refractivity contribution >= 4 is 29.4 Å². The Hall–Kier alpha value is -2.86. The van der Waals surface area contributed by atoms with Crippen LogP contribution < -0.4 is 10.9 Å². The monoisotopic (exact) mass is 360 g/mol. The Bertz CT molecular complexity index is 733. The molecule has 0 bridgehead atoms. The third-order valence-corrected chi connectivity index (χ3v) is 3.50. The molecule has 0 aliphatic carbocycles. The maximum Gasteiger partial charge on any atom is 0.306 e. The Morgan fingerprint density at radius 2 is 1.60 bits per heavy atom. The number of hydrogen-bond donors (Lipinski definition) is 2. The van der Waals surface area contributed by atoms with Gasteiger partial charge in [0.2, 0.25) is 0 Å². The number of benzene rings is 2. The molecule has 0 saturated heterocycles. The van der Waals surface area contributed by atoms with Gasteiger partial charge >= 0.3 is 5.97 Å². The Kier molecular flexibility index (Phi) is 6.98. The van der Waals surface area contributed by atoms with Gasteiger partial charge in [0.15, 0.2) is 6.61 Å². The molecule has 0 fully saturated rings. The van der Waals surface area contributed by atoms with Gasteiger partial charge < -0.3 is 4.74 Å². The maximum atomic E-state index is 11.8. The minimum absolute atomic E-state index is 0.175. The van der Waals surface area contributed by atoms with Crippen LogP contribution in [-0.4, -0.2) is 24.4 Å². The van der Waals surface area contributed by atoms with Gasteiger partial charge in [0.05, 0.1) is 0 Å². The average Bonchev–Trinajstić information content (AvgIpc) is 2.64. The molecule has 130 valence electrons. The van der Waals surface area contributed by atoms with E-state index >= 15 is 0 Å². The number of esters is 1. The highest BCUT2D eigenvalue weighted by Crippen LogP contribution is 2.09. The second-order valence-electron chi connectivity index (χ2n) is 5.16. The standard InChI is InChI=1S/C18H17ClN2O4/c19-15-9-7-14(8-10-15)18(24)21-20-16(22)12-25-17(23)11-6-13-4-2-1-3-5-13/h1-5,7-10H,6,11-12H2,(H,20,22)(H,21,24). The summed E-state index contributed by atoms with van der Waals surface area (Å²) in [7, 11) is 0. The Labute approximate surface area is 150 Å². The number of ether oxygens (including phenoxy) is 1. The molecule has 2 amide bonds. The van der Waals surface area contributed by atoms with Gasteiger partial charge in [-0.1, -0.05) is 41.9 Å². The van der Waals surface area contributed by atoms with Crippen molar-refractivity contribution in [1.82, 2.24) is 10.9 Å². The Morgan fingerprint density at radius 1 is 0.920 bits per heavy atom. The van der Waals surface area contributed by atoms with E-state index in [2.05, 4.69) is 10.9 Å². The van der Waals surface area contributed by atoms with Crippen LogP contribution in [0.25, 0.3) is 0 Å². The molecule has 0 atom stereocenters. The average molecular weight is 361 g/mol. The van der Waals surface area contributed by atoms with Crippen LogP contribution in [-0.2, 0) is 20.7 Å². The minimum atomic E-state index is -0.629. The number of amides is 2. The topological polar surface area (TPSA) is 84.5 Å². The molecule has 0 aliphatic rings. The van der Waals surface area contributed by atoms with E-state index < -0.39 is 24.4 Å². The number of rotatable bonds is 6. The van der Waals surface area contributed by atoms with Crippen molar-refractivity contribution < 1.29 is 19.1 Å². The number of carbonyl (C=O) groups is 3. The molecule has 2 N–H and O–H groups in total. The summed E-state index contributed by atoms with van der Waals surface area (Å²) in [6, 6.07) is 15.7. The van der Waals surface area contributed by atoms with Gasteiger partial charge in [-0.05, 0) is 36.2 Å². The Morgan fingerprint density at radius 3 is 2.28 bits per heavy atom. The van der Waals surface area contributed by atoms with Gasteiger partial charge in [-0.2, -0.15) is 0 Å². The number of hydrazine groups is 1. The number of nitrogens with one attached hydrogen (secondary N) is 2. The van der Waals surface area contributed by atoms with E-state index in [0.29, 0.717) is 17.0 Å². The van der Waals surface area contributed by atoms with Gasteiger partial charge in [-0.25, -0.2) is 0 Å². The molecule has 6 nitrogen and oxygen atoms in total. The van der Waals surface area contributed by atoms with E-state index in [-0.39, 0.29) is 6.42 Å². The normalized spacial score (nSPS) is 9.96. The largest absolute Gasteiger partial charge is 0.455 e. The first-order valence-electron chi connectivity index (χ1n) is 7.59. The molecule has 0 unspecified atom stereocenters. The number of halogens is 1. The van der Waals surface area contributed by atoms with Crippen molar-refractivity contribution in [2.45, 2.75) is 12.8 Å². The van der Waals surface area contributed by atoms with Crippen LogP contribution >= 0.6 is 11.6 Å². The lowest BCUT2D eigenvalue weighted by molar-refractivity contribution is -0.148. The SMILES string of the molecule is O=C(COC(=O)CCc1ccccc1)NNC(=O)c1ccc(Cl)cc1. The molecular weight excluding hydrogens is 344 g/mol. The van der Waals surface area contributed by atoms with Crippen LogP contribution in [0.15, 0.2) is 54.6 Å². The summed E-state index contributed by atoms with van der Waals surface area (Å²) >= 11 is 5.73. The fourth-order valence-electron chi connectivity index (χ4n) is 1.95. The smallest absolute Gasteiger partial charge is 0.306 e. The molecule has 25 heavy (non-hydrogen) atoms. The fourth-order valence-corrected chi connectivity index (χ4v) is 2.07. The molecule has 0 aliphatic heterocycles. The van der Waals surface area contributed by atoms with Crippen LogP contribution in [0.4, 0.5) is 0 Å². The van der Waals surface area contributed by atoms with Crippen molar-refractivity contribution in [3.8, 4) is 0 Å². The number of carbonyl (C=O) groups excluding carboxylic acids is 3. The molecule has 7 heteroatoms. The molecule has 2 aromatic carbocycles. The molecule has 0 aromatic heterocycles. The minimum Gasteiger partial charge on any atom is -0.455 e. The van der Waals surface area contributed by atoms with Crippen LogP contribution in [0.1, 0.15) is 22.3 Å². The van der Waals surface area contributed by atoms with Crippen LogP contribution in [0.3, 0.4) is 0 Å². The van der Waals surface area contributed by atoms with Crippen molar-refractivity contribution in [2.24, 2.45) is 0 Å². The highest BCUT2D eigenvalue weighted by atomic mass is 35.5. The van der Waals surface area contributed by atoms with Crippen molar-refractivity contribution in [2.75, 3.05) is 6.61 Å². The molecule has 0 saturated carbocycles. The zero-order valence-corrected chi connectivity index (χ0v) is 14.1. The van der Waals surface area contributed by atoms with Gasteiger partial charge in [0.1, 0.15) is 0 Å². The van der Waals surface area contributed by atoms with E-state index in [9.17, 15) is 14.4 Å². The summed E-state index contributed by atoms with van der Waals surface area (Å²) in [5, 5.41) is 0.503. The first-order chi connectivity index (χ1) is 12.0. The highest BCUT2D eigenvalue weighted by Gasteiger charge is 2.10. The summed E-state index contributed by atoms with van der Waals surface area (Å²) in [4.78, 5) is 35.0. The third kappa shape index (κ3) is 6.64. The van der Waals surface area contributed by atoms with Crippen molar-refractivity contribution in [3.63, 3.8) is 0 Å². The lowest BCUT2D eigenvalue weighted by Gasteiger charge is -2.08. The second-order valence-corrected chi connectivity index (χ2v) is 5.59. The van der Waals surface area contributed by atoms with E-state index in [1.807, 2.05) is 30.3 Å². The highest BCUT2D eigenvalue weighted by molar-refractivity contribution is 6.30. The number of hydrogen-bond acceptors (Lipinski definition) is 4. The van der Waals surface area contributed by atoms with Gasteiger partial charge in [-0.3, -0.25) is 25.2 Å². The maximum absolute atomic E-state index is 11.8. The van der Waals surface area contributed by atoms with Gasteiger partial charge in [-0.15, -0.1) is 0 Å². The lowest BCUT2D eigenvalue weighted by Crippen LogP contribution is -2.43. The van der Waals surface area contributed by atoms with Gasteiger partial charge in [0, 0.05) is 17.0 Å². The third-order valence-electron chi connectivity index (χ3n) is 3.25. The molecule has 2 rings (SSSR count). The quantitative estimate of drug-likeness (QED) is 0.611. The van der Waals surface area contributed by atoms with E-state index in [1.165, 1.54) is 12.1 Å². The van der Waals surface area contributed by atoms with E-state index in [0.717, 1.165) is 5.56 Å². The lowest BCUT2D eigenvalue weighted by atomic mass is 10.1. The summed E-state index contributed by atoms with van der Waals surface area (Å²) in [6.45, 7) is -0.464. The fraction of sp³-hybridized carbons (Fsp3) is 0.167. The van der Waals surface area contributed by atoms with Crippen LogP contribution in [0.2, 0.25) is 5.02 Å². The van der Waals surface area contributed by atoms with Crippen molar-refractivity contribution in [1.29, 1.82) is 0 Å². The van der Waals surface area contributed by atoms with Crippen LogP contribution in [0.5, 0.6) is 0 Å². The summed E-state index contributed by atoms with van der Waals surface area (Å²) in [5.41, 5.74) is 5.75. The molecule has 0 radical (unpaired) electrons. The van der Waals surface area contributed by atoms with E-state index in [4.69, 9.17) is 16.3 Å². The molecule has 0 heterocycles. The predicted octanol–water partition coefficient (Wildman–Crippen LogP) is 2.28. The molecule has 2 aromatic rings. The predicted molar refractivity (Wildman–Crippen MR) is 92.8 cm³/mol. The summed E-state index contributed by atoms with van der Waals surface area (Å²) in [5.74, 6) is -1.61. The number of aryl methyl sites for hydroxylation is 1. The van der Waals surface area contributed by atoms with Crippen LogP contribution in [0, 0.1) is 0 Å². The van der Waals surface area contributed by atoms with Gasteiger partial charge in [0.25, 0.3) is 11.8 Å². The zero-order valence-electron chi connectivity index (χ0n) is 13.3.